The second-order valence-electron chi connectivity index (χ2n) is 9.44. The highest BCUT2D eigenvalue weighted by atomic mass is 15.6. The zero-order chi connectivity index (χ0) is 19.7. The molecule has 2 heterocycles. The first kappa shape index (κ1) is 19.5. The van der Waals surface area contributed by atoms with Gasteiger partial charge in [-0.05, 0) is 56.5 Å². The Kier molecular flexibility index (Phi) is 5.52. The highest BCUT2D eigenvalue weighted by Crippen LogP contribution is 2.32. The van der Waals surface area contributed by atoms with E-state index in [1.807, 2.05) is 4.68 Å². The fourth-order valence-corrected chi connectivity index (χ4v) is 4.74. The van der Waals surface area contributed by atoms with Crippen LogP contribution in [-0.4, -0.2) is 62.2 Å². The number of rotatable bonds is 4. The smallest absolute Gasteiger partial charge is 0.173 e. The van der Waals surface area contributed by atoms with Crippen molar-refractivity contribution in [1.29, 1.82) is 0 Å². The van der Waals surface area contributed by atoms with Crippen LogP contribution in [0.15, 0.2) is 24.3 Å². The molecule has 2 fully saturated rings. The number of benzene rings is 1. The molecule has 0 spiro atoms. The van der Waals surface area contributed by atoms with Gasteiger partial charge in [-0.3, -0.25) is 9.80 Å². The van der Waals surface area contributed by atoms with Crippen LogP contribution < -0.4 is 0 Å². The van der Waals surface area contributed by atoms with Crippen LogP contribution >= 0.6 is 0 Å². The third kappa shape index (κ3) is 3.98. The number of hydrogen-bond acceptors (Lipinski definition) is 5. The monoisotopic (exact) mass is 382 g/mol. The molecule has 1 aromatic carbocycles. The summed E-state index contributed by atoms with van der Waals surface area (Å²) >= 11 is 0. The van der Waals surface area contributed by atoms with Crippen molar-refractivity contribution in [2.24, 2.45) is 0 Å². The number of aryl methyl sites for hydroxylation is 1. The van der Waals surface area contributed by atoms with Crippen LogP contribution in [0.1, 0.15) is 69.4 Å². The van der Waals surface area contributed by atoms with Crippen LogP contribution in [0.25, 0.3) is 0 Å². The van der Waals surface area contributed by atoms with Gasteiger partial charge in [0.1, 0.15) is 0 Å². The summed E-state index contributed by atoms with van der Waals surface area (Å²) in [5.74, 6) is 0.950. The number of piperazine rings is 1. The summed E-state index contributed by atoms with van der Waals surface area (Å²) in [4.78, 5) is 5.28. The number of hydrogen-bond donors (Lipinski definition) is 0. The molecule has 1 aliphatic heterocycles. The number of nitrogens with zero attached hydrogens (tertiary/aromatic N) is 6. The van der Waals surface area contributed by atoms with Crippen molar-refractivity contribution in [1.82, 2.24) is 30.0 Å². The molecule has 0 radical (unpaired) electrons. The van der Waals surface area contributed by atoms with Crippen molar-refractivity contribution in [3.63, 3.8) is 0 Å². The maximum absolute atomic E-state index is 4.50. The summed E-state index contributed by atoms with van der Waals surface area (Å²) in [7, 11) is 0. The van der Waals surface area contributed by atoms with Crippen LogP contribution in [0.5, 0.6) is 0 Å². The van der Waals surface area contributed by atoms with E-state index in [4.69, 9.17) is 0 Å². The SMILES string of the molecule is Cc1ccc([C@H](c2nnnn2C(C)(C)C)N2CCN(C3CCCC3)CC2)cc1. The Morgan fingerprint density at radius 2 is 1.61 bits per heavy atom. The van der Waals surface area contributed by atoms with Crippen LogP contribution in [0.3, 0.4) is 0 Å². The van der Waals surface area contributed by atoms with E-state index in [0.717, 1.165) is 38.0 Å². The normalized spacial score (nSPS) is 21.3. The standard InChI is InChI=1S/C22H34N6/c1-17-9-11-18(12-10-17)20(21-23-24-25-28(21)22(2,3)4)27-15-13-26(14-16-27)19-7-5-6-8-19/h9-12,19-20H,5-8,13-16H2,1-4H3/t20-/m1/s1. The average molecular weight is 383 g/mol. The lowest BCUT2D eigenvalue weighted by molar-refractivity contribution is 0.0756. The van der Waals surface area contributed by atoms with Crippen LogP contribution in [0, 0.1) is 6.92 Å². The quantitative estimate of drug-likeness (QED) is 0.811. The molecule has 6 nitrogen and oxygen atoms in total. The van der Waals surface area contributed by atoms with E-state index in [9.17, 15) is 0 Å². The zero-order valence-corrected chi connectivity index (χ0v) is 17.8. The Balaban J connectivity index is 1.61. The molecule has 28 heavy (non-hydrogen) atoms. The largest absolute Gasteiger partial charge is 0.298 e. The molecular weight excluding hydrogens is 348 g/mol. The molecule has 0 unspecified atom stereocenters. The Morgan fingerprint density at radius 3 is 2.21 bits per heavy atom. The summed E-state index contributed by atoms with van der Waals surface area (Å²) in [5.41, 5.74) is 2.41. The highest BCUT2D eigenvalue weighted by Gasteiger charge is 2.34. The molecule has 2 aliphatic rings. The zero-order valence-electron chi connectivity index (χ0n) is 17.8. The van der Waals surface area contributed by atoms with Gasteiger partial charge in [-0.15, -0.1) is 5.10 Å². The Hall–Kier alpha value is -1.79. The summed E-state index contributed by atoms with van der Waals surface area (Å²) < 4.78 is 2.00. The Morgan fingerprint density at radius 1 is 0.964 bits per heavy atom. The highest BCUT2D eigenvalue weighted by molar-refractivity contribution is 5.28. The van der Waals surface area contributed by atoms with Gasteiger partial charge in [-0.25, -0.2) is 4.68 Å². The van der Waals surface area contributed by atoms with Gasteiger partial charge in [-0.1, -0.05) is 42.7 Å². The molecule has 1 saturated heterocycles. The fraction of sp³-hybridized carbons (Fsp3) is 0.682. The number of aromatic nitrogens is 4. The van der Waals surface area contributed by atoms with Crippen molar-refractivity contribution in [3.05, 3.63) is 41.2 Å². The summed E-state index contributed by atoms with van der Waals surface area (Å²) in [6.45, 7) is 13.0. The maximum atomic E-state index is 4.50. The fourth-order valence-electron chi connectivity index (χ4n) is 4.74. The molecule has 152 valence electrons. The molecule has 4 rings (SSSR count). The summed E-state index contributed by atoms with van der Waals surface area (Å²) in [6, 6.07) is 9.78. The van der Waals surface area contributed by atoms with Gasteiger partial charge in [0.15, 0.2) is 5.82 Å². The predicted molar refractivity (Wildman–Crippen MR) is 111 cm³/mol. The molecular formula is C22H34N6. The van der Waals surface area contributed by atoms with E-state index in [1.165, 1.54) is 36.8 Å². The molecule has 1 saturated carbocycles. The van der Waals surface area contributed by atoms with E-state index >= 15 is 0 Å². The van der Waals surface area contributed by atoms with Gasteiger partial charge in [-0.2, -0.15) is 0 Å². The molecule has 0 N–H and O–H groups in total. The van der Waals surface area contributed by atoms with Crippen molar-refractivity contribution < 1.29 is 0 Å². The van der Waals surface area contributed by atoms with Crippen LogP contribution in [-0.2, 0) is 5.54 Å². The first-order valence-electron chi connectivity index (χ1n) is 10.8. The van der Waals surface area contributed by atoms with Crippen molar-refractivity contribution in [2.45, 2.75) is 71.0 Å². The lowest BCUT2D eigenvalue weighted by Gasteiger charge is -2.41. The van der Waals surface area contributed by atoms with Gasteiger partial charge in [0, 0.05) is 32.2 Å². The maximum Gasteiger partial charge on any atom is 0.173 e. The minimum absolute atomic E-state index is 0.0977. The van der Waals surface area contributed by atoms with Crippen molar-refractivity contribution in [3.8, 4) is 0 Å². The predicted octanol–water partition coefficient (Wildman–Crippen LogP) is 3.39. The van der Waals surface area contributed by atoms with Gasteiger partial charge in [0.05, 0.1) is 11.6 Å². The lowest BCUT2D eigenvalue weighted by atomic mass is 10.00. The summed E-state index contributed by atoms with van der Waals surface area (Å²) in [5, 5.41) is 12.9. The first-order chi connectivity index (χ1) is 13.4. The molecule has 0 amide bonds. The molecule has 0 bridgehead atoms. The van der Waals surface area contributed by atoms with Crippen LogP contribution in [0.2, 0.25) is 0 Å². The average Bonchev–Trinajstić information content (AvgIpc) is 3.36. The second kappa shape index (κ2) is 7.91. The molecule has 1 aliphatic carbocycles. The molecule has 1 aromatic heterocycles. The van der Waals surface area contributed by atoms with E-state index < -0.39 is 0 Å². The third-order valence-corrected chi connectivity index (χ3v) is 6.32. The summed E-state index contributed by atoms with van der Waals surface area (Å²) in [6.07, 6.45) is 5.56. The third-order valence-electron chi connectivity index (χ3n) is 6.32. The minimum atomic E-state index is -0.145. The molecule has 2 aromatic rings. The Labute approximate surface area is 168 Å². The Bertz CT molecular complexity index is 761. The van der Waals surface area contributed by atoms with Gasteiger partial charge >= 0.3 is 0 Å². The second-order valence-corrected chi connectivity index (χ2v) is 9.44. The first-order valence-corrected chi connectivity index (χ1v) is 10.8. The van der Waals surface area contributed by atoms with Gasteiger partial charge in [0.25, 0.3) is 0 Å². The van der Waals surface area contributed by atoms with Crippen LogP contribution in [0.4, 0.5) is 0 Å². The lowest BCUT2D eigenvalue weighted by Crippen LogP contribution is -2.51. The van der Waals surface area contributed by atoms with E-state index in [0.29, 0.717) is 0 Å². The topological polar surface area (TPSA) is 50.1 Å². The van der Waals surface area contributed by atoms with E-state index in [-0.39, 0.29) is 11.6 Å². The molecule has 6 heteroatoms. The minimum Gasteiger partial charge on any atom is -0.298 e. The van der Waals surface area contributed by atoms with E-state index in [1.54, 1.807) is 0 Å². The van der Waals surface area contributed by atoms with Gasteiger partial charge in [0.2, 0.25) is 0 Å². The molecule has 1 atom stereocenters. The number of tetrazole rings is 1. The van der Waals surface area contributed by atoms with Crippen molar-refractivity contribution in [2.75, 3.05) is 26.2 Å². The van der Waals surface area contributed by atoms with Gasteiger partial charge < -0.3 is 0 Å². The van der Waals surface area contributed by atoms with E-state index in [2.05, 4.69) is 77.3 Å². The van der Waals surface area contributed by atoms with Crippen molar-refractivity contribution >= 4 is 0 Å².